The summed E-state index contributed by atoms with van der Waals surface area (Å²) in [6, 6.07) is 0. The van der Waals surface area contributed by atoms with Gasteiger partial charge >= 0.3 is 0 Å². The third-order valence-corrected chi connectivity index (χ3v) is 0.556. The lowest BCUT2D eigenvalue weighted by molar-refractivity contribution is -0.127. The van der Waals surface area contributed by atoms with E-state index in [4.69, 9.17) is 5.21 Å². The molecule has 0 saturated heterocycles. The molecular formula is C4H8NO2. The van der Waals surface area contributed by atoms with Gasteiger partial charge in [-0.3, -0.25) is 10.0 Å². The van der Waals surface area contributed by atoms with Gasteiger partial charge in [0.05, 0.1) is 5.92 Å². The Morgan fingerprint density at radius 1 is 1.57 bits per heavy atom. The average molecular weight is 102 g/mol. The predicted octanol–water partition coefficient (Wildman–Crippen LogP) is 0.106. The summed E-state index contributed by atoms with van der Waals surface area (Å²) in [7, 11) is 0. The van der Waals surface area contributed by atoms with Crippen molar-refractivity contribution in [2.75, 3.05) is 0 Å². The molecule has 0 aliphatic rings. The van der Waals surface area contributed by atoms with Crippen LogP contribution in [-0.4, -0.2) is 11.1 Å². The lowest BCUT2D eigenvalue weighted by atomic mass is 10.2. The van der Waals surface area contributed by atoms with Gasteiger partial charge in [-0.1, -0.05) is 0 Å². The van der Waals surface area contributed by atoms with Crippen molar-refractivity contribution in [2.45, 2.75) is 13.8 Å². The smallest absolute Gasteiger partial charge is 0.250 e. The van der Waals surface area contributed by atoms with Crippen molar-refractivity contribution in [3.63, 3.8) is 0 Å². The molecule has 2 N–H and O–H groups in total. The van der Waals surface area contributed by atoms with E-state index in [0.29, 0.717) is 5.92 Å². The summed E-state index contributed by atoms with van der Waals surface area (Å²) < 4.78 is 0. The number of hydrogen-bond donors (Lipinski definition) is 2. The maximum atomic E-state index is 10.1. The molecule has 0 aliphatic carbocycles. The van der Waals surface area contributed by atoms with E-state index < -0.39 is 5.91 Å². The van der Waals surface area contributed by atoms with Crippen LogP contribution in [0.5, 0.6) is 0 Å². The first-order valence-electron chi connectivity index (χ1n) is 1.93. The van der Waals surface area contributed by atoms with E-state index in [0.717, 1.165) is 0 Å². The van der Waals surface area contributed by atoms with Crippen LogP contribution in [0.15, 0.2) is 0 Å². The van der Waals surface area contributed by atoms with E-state index in [1.54, 1.807) is 13.8 Å². The molecule has 0 aliphatic heterocycles. The molecule has 0 saturated carbocycles. The fraction of sp³-hybridized carbons (Fsp3) is 0.500. The van der Waals surface area contributed by atoms with Gasteiger partial charge < -0.3 is 0 Å². The van der Waals surface area contributed by atoms with E-state index in [-0.39, 0.29) is 0 Å². The van der Waals surface area contributed by atoms with E-state index in [1.807, 2.05) is 0 Å². The molecule has 41 valence electrons. The number of nitrogens with one attached hydrogen (secondary N) is 1. The molecule has 0 atom stereocenters. The molecule has 7 heavy (non-hydrogen) atoms. The average Bonchev–Trinajstić information content (AvgIpc) is 1.65. The summed E-state index contributed by atoms with van der Waals surface area (Å²) in [4.78, 5) is 10.1. The van der Waals surface area contributed by atoms with Crippen LogP contribution < -0.4 is 5.48 Å². The van der Waals surface area contributed by atoms with Crippen molar-refractivity contribution < 1.29 is 10.0 Å². The maximum Gasteiger partial charge on any atom is 0.250 e. The maximum absolute atomic E-state index is 10.1. The normalized spacial score (nSPS) is 9.14. The second-order valence-electron chi connectivity index (χ2n) is 1.44. The number of carbonyl (C=O) groups is 1. The number of carbonyl (C=O) groups excluding carboxylic acids is 1. The Morgan fingerprint density at radius 3 is 2.00 bits per heavy atom. The Morgan fingerprint density at radius 2 is 2.00 bits per heavy atom. The van der Waals surface area contributed by atoms with Crippen LogP contribution in [0.3, 0.4) is 0 Å². The fourth-order valence-corrected chi connectivity index (χ4v) is 0.112. The summed E-state index contributed by atoms with van der Waals surface area (Å²) in [5.41, 5.74) is 1.49. The third-order valence-electron chi connectivity index (χ3n) is 0.556. The van der Waals surface area contributed by atoms with E-state index in [2.05, 4.69) is 0 Å². The lowest BCUT2D eigenvalue weighted by Gasteiger charge is -1.96. The van der Waals surface area contributed by atoms with Gasteiger partial charge in [-0.25, -0.2) is 5.48 Å². The fourth-order valence-electron chi connectivity index (χ4n) is 0.112. The van der Waals surface area contributed by atoms with Crippen molar-refractivity contribution in [3.8, 4) is 0 Å². The highest BCUT2D eigenvalue weighted by atomic mass is 16.5. The molecule has 0 aromatic rings. The molecular weight excluding hydrogens is 94.0 g/mol. The Balaban J connectivity index is 3.35. The van der Waals surface area contributed by atoms with Crippen LogP contribution in [0.2, 0.25) is 0 Å². The molecule has 0 unspecified atom stereocenters. The molecule has 0 rings (SSSR count). The highest BCUT2D eigenvalue weighted by Gasteiger charge is 2.02. The second kappa shape index (κ2) is 2.58. The second-order valence-corrected chi connectivity index (χ2v) is 1.44. The van der Waals surface area contributed by atoms with Crippen LogP contribution in [0.1, 0.15) is 13.8 Å². The van der Waals surface area contributed by atoms with Gasteiger partial charge in [0.2, 0.25) is 5.91 Å². The monoisotopic (exact) mass is 102 g/mol. The van der Waals surface area contributed by atoms with Crippen LogP contribution in [0, 0.1) is 5.92 Å². The first-order valence-corrected chi connectivity index (χ1v) is 1.93. The lowest BCUT2D eigenvalue weighted by Crippen LogP contribution is -2.22. The first-order chi connectivity index (χ1) is 3.18. The summed E-state index contributed by atoms with van der Waals surface area (Å²) in [5, 5.41) is 7.88. The van der Waals surface area contributed by atoms with Crippen molar-refractivity contribution in [1.29, 1.82) is 0 Å². The van der Waals surface area contributed by atoms with Gasteiger partial charge in [0, 0.05) is 0 Å². The van der Waals surface area contributed by atoms with E-state index >= 15 is 0 Å². The van der Waals surface area contributed by atoms with Gasteiger partial charge in [-0.15, -0.1) is 0 Å². The van der Waals surface area contributed by atoms with Gasteiger partial charge in [-0.05, 0) is 13.8 Å². The summed E-state index contributed by atoms with van der Waals surface area (Å²) in [6.45, 7) is 3.23. The quantitative estimate of drug-likeness (QED) is 0.364. The molecule has 1 radical (unpaired) electrons. The Labute approximate surface area is 42.3 Å². The molecule has 0 aromatic carbocycles. The molecule has 1 amide bonds. The molecule has 3 nitrogen and oxygen atoms in total. The minimum atomic E-state index is -0.431. The topological polar surface area (TPSA) is 49.3 Å². The predicted molar refractivity (Wildman–Crippen MR) is 24.5 cm³/mol. The van der Waals surface area contributed by atoms with Crippen molar-refractivity contribution in [3.05, 3.63) is 5.92 Å². The van der Waals surface area contributed by atoms with Gasteiger partial charge in [-0.2, -0.15) is 0 Å². The molecule has 0 heterocycles. The van der Waals surface area contributed by atoms with E-state index in [1.165, 1.54) is 5.48 Å². The number of hydroxylamine groups is 1. The highest BCUT2D eigenvalue weighted by molar-refractivity contribution is 5.87. The number of hydrogen-bond acceptors (Lipinski definition) is 2. The number of amides is 1. The van der Waals surface area contributed by atoms with Gasteiger partial charge in [0.15, 0.2) is 0 Å². The van der Waals surface area contributed by atoms with Crippen molar-refractivity contribution in [2.24, 2.45) is 0 Å². The van der Waals surface area contributed by atoms with Crippen molar-refractivity contribution >= 4 is 5.91 Å². The molecule has 0 fully saturated rings. The molecule has 0 bridgehead atoms. The Hall–Kier alpha value is -0.570. The summed E-state index contributed by atoms with van der Waals surface area (Å²) in [5.74, 6) is 0.113. The largest absolute Gasteiger partial charge is 0.289 e. The van der Waals surface area contributed by atoms with E-state index in [9.17, 15) is 4.79 Å². The van der Waals surface area contributed by atoms with Gasteiger partial charge in [0.25, 0.3) is 0 Å². The van der Waals surface area contributed by atoms with Crippen LogP contribution in [0.4, 0.5) is 0 Å². The van der Waals surface area contributed by atoms with Crippen LogP contribution >= 0.6 is 0 Å². The minimum Gasteiger partial charge on any atom is -0.289 e. The Kier molecular flexibility index (Phi) is 2.37. The Bertz CT molecular complexity index is 70.1. The zero-order chi connectivity index (χ0) is 5.86. The zero-order valence-electron chi connectivity index (χ0n) is 4.36. The molecule has 0 spiro atoms. The highest BCUT2D eigenvalue weighted by Crippen LogP contribution is 1.90. The number of rotatable bonds is 1. The SMILES string of the molecule is C[C](C)C(=O)NO. The first kappa shape index (κ1) is 6.43. The molecule has 0 aromatic heterocycles. The standard InChI is InChI=1S/C4H8NO2/c1-3(2)4(6)5-7/h7H,1-2H3,(H,5,6). The van der Waals surface area contributed by atoms with Crippen LogP contribution in [-0.2, 0) is 4.79 Å². The summed E-state index contributed by atoms with van der Waals surface area (Å²) >= 11 is 0. The summed E-state index contributed by atoms with van der Waals surface area (Å²) in [6.07, 6.45) is 0. The molecule has 3 heteroatoms. The zero-order valence-corrected chi connectivity index (χ0v) is 4.36. The van der Waals surface area contributed by atoms with Gasteiger partial charge in [0.1, 0.15) is 0 Å². The minimum absolute atomic E-state index is 0.431. The van der Waals surface area contributed by atoms with Crippen LogP contribution in [0.25, 0.3) is 0 Å². The third kappa shape index (κ3) is 2.17. The van der Waals surface area contributed by atoms with Crippen molar-refractivity contribution in [1.82, 2.24) is 5.48 Å².